The van der Waals surface area contributed by atoms with E-state index in [1.807, 2.05) is 6.92 Å². The fraction of sp³-hybridized carbons (Fsp3) is 0.800. The van der Waals surface area contributed by atoms with Crippen molar-refractivity contribution >= 4 is 12.0 Å². The van der Waals surface area contributed by atoms with Crippen molar-refractivity contribution in [2.75, 3.05) is 26.7 Å². The number of hydrogen-bond donors (Lipinski definition) is 1. The lowest BCUT2D eigenvalue weighted by molar-refractivity contribution is -0.143. The molecule has 0 aromatic heterocycles. The summed E-state index contributed by atoms with van der Waals surface area (Å²) in [5, 5.41) is 8.88. The van der Waals surface area contributed by atoms with Gasteiger partial charge in [-0.05, 0) is 19.8 Å². The van der Waals surface area contributed by atoms with Crippen molar-refractivity contribution in [2.45, 2.75) is 19.8 Å². The molecule has 15 heavy (non-hydrogen) atoms. The Hall–Kier alpha value is -1.26. The van der Waals surface area contributed by atoms with Crippen molar-refractivity contribution < 1.29 is 14.7 Å². The Balaban J connectivity index is 2.56. The molecule has 5 heteroatoms. The van der Waals surface area contributed by atoms with E-state index in [0.29, 0.717) is 26.1 Å². The number of amides is 2. The lowest BCUT2D eigenvalue weighted by Gasteiger charge is -2.33. The molecule has 86 valence electrons. The van der Waals surface area contributed by atoms with E-state index in [-0.39, 0.29) is 6.03 Å². The first-order chi connectivity index (χ1) is 7.06. The van der Waals surface area contributed by atoms with Crippen LogP contribution < -0.4 is 0 Å². The Labute approximate surface area is 89.7 Å². The normalized spacial score (nSPS) is 21.2. The molecule has 1 saturated heterocycles. The molecule has 1 fully saturated rings. The van der Waals surface area contributed by atoms with Crippen LogP contribution in [0, 0.1) is 5.92 Å². The van der Waals surface area contributed by atoms with Crippen LogP contribution in [0.2, 0.25) is 0 Å². The number of aliphatic carboxylic acids is 1. The predicted molar refractivity (Wildman–Crippen MR) is 55.6 cm³/mol. The van der Waals surface area contributed by atoms with Crippen LogP contribution in [-0.4, -0.2) is 53.6 Å². The number of piperidine rings is 1. The summed E-state index contributed by atoms with van der Waals surface area (Å²) in [7, 11) is 1.73. The van der Waals surface area contributed by atoms with Gasteiger partial charge in [0.05, 0.1) is 5.92 Å². The Morgan fingerprint density at radius 3 is 2.73 bits per heavy atom. The second-order valence-electron chi connectivity index (χ2n) is 3.92. The maximum absolute atomic E-state index is 11.8. The molecule has 1 unspecified atom stereocenters. The number of likely N-dealkylation sites (tertiary alicyclic amines) is 1. The molecular weight excluding hydrogens is 196 g/mol. The number of urea groups is 1. The Bertz CT molecular complexity index is 255. The zero-order valence-electron chi connectivity index (χ0n) is 9.27. The molecule has 5 nitrogen and oxygen atoms in total. The zero-order chi connectivity index (χ0) is 11.4. The number of hydrogen-bond acceptors (Lipinski definition) is 2. The van der Waals surface area contributed by atoms with Gasteiger partial charge in [-0.15, -0.1) is 0 Å². The van der Waals surface area contributed by atoms with Gasteiger partial charge in [-0.25, -0.2) is 4.79 Å². The molecule has 0 aromatic carbocycles. The van der Waals surface area contributed by atoms with Gasteiger partial charge >= 0.3 is 12.0 Å². The van der Waals surface area contributed by atoms with E-state index in [2.05, 4.69) is 0 Å². The van der Waals surface area contributed by atoms with Crippen molar-refractivity contribution in [3.05, 3.63) is 0 Å². The molecule has 2 amide bonds. The summed E-state index contributed by atoms with van der Waals surface area (Å²) in [5.74, 6) is -1.19. The monoisotopic (exact) mass is 214 g/mol. The molecule has 1 atom stereocenters. The van der Waals surface area contributed by atoms with Crippen LogP contribution in [0.5, 0.6) is 0 Å². The van der Waals surface area contributed by atoms with Crippen molar-refractivity contribution in [3.63, 3.8) is 0 Å². The summed E-state index contributed by atoms with van der Waals surface area (Å²) in [6, 6.07) is -0.0662. The van der Waals surface area contributed by atoms with Crippen LogP contribution in [0.1, 0.15) is 19.8 Å². The van der Waals surface area contributed by atoms with E-state index in [0.717, 1.165) is 6.42 Å². The molecule has 1 rings (SSSR count). The maximum atomic E-state index is 11.8. The van der Waals surface area contributed by atoms with Crippen LogP contribution in [0.3, 0.4) is 0 Å². The van der Waals surface area contributed by atoms with Crippen LogP contribution in [0.15, 0.2) is 0 Å². The van der Waals surface area contributed by atoms with Gasteiger partial charge in [0.15, 0.2) is 0 Å². The van der Waals surface area contributed by atoms with Gasteiger partial charge in [0.25, 0.3) is 0 Å². The lowest BCUT2D eigenvalue weighted by atomic mass is 9.99. The highest BCUT2D eigenvalue weighted by molar-refractivity contribution is 5.76. The SMILES string of the molecule is CCN(C)C(=O)N1CCCC(C(=O)O)C1. The molecule has 1 heterocycles. The Kier molecular flexibility index (Phi) is 3.94. The van der Waals surface area contributed by atoms with Gasteiger partial charge in [0.1, 0.15) is 0 Å². The maximum Gasteiger partial charge on any atom is 0.319 e. The largest absolute Gasteiger partial charge is 0.481 e. The van der Waals surface area contributed by atoms with Gasteiger partial charge in [-0.1, -0.05) is 0 Å². The molecular formula is C10H18N2O3. The first-order valence-electron chi connectivity index (χ1n) is 5.29. The van der Waals surface area contributed by atoms with Crippen LogP contribution in [-0.2, 0) is 4.79 Å². The topological polar surface area (TPSA) is 60.9 Å². The molecule has 1 aliphatic heterocycles. The van der Waals surface area contributed by atoms with E-state index in [9.17, 15) is 9.59 Å². The second-order valence-corrected chi connectivity index (χ2v) is 3.92. The highest BCUT2D eigenvalue weighted by Crippen LogP contribution is 2.17. The summed E-state index contributed by atoms with van der Waals surface area (Å²) in [5.41, 5.74) is 0. The average Bonchev–Trinajstić information content (AvgIpc) is 2.27. The van der Waals surface area contributed by atoms with Gasteiger partial charge in [0.2, 0.25) is 0 Å². The summed E-state index contributed by atoms with van der Waals surface area (Å²) >= 11 is 0. The number of carboxylic acid groups (broad SMARTS) is 1. The number of rotatable bonds is 2. The molecule has 0 radical (unpaired) electrons. The van der Waals surface area contributed by atoms with E-state index >= 15 is 0 Å². The second kappa shape index (κ2) is 5.00. The minimum atomic E-state index is -0.799. The third-order valence-electron chi connectivity index (χ3n) is 2.84. The van der Waals surface area contributed by atoms with E-state index in [1.54, 1.807) is 16.8 Å². The molecule has 0 aliphatic carbocycles. The van der Waals surface area contributed by atoms with Crippen LogP contribution in [0.25, 0.3) is 0 Å². The quantitative estimate of drug-likeness (QED) is 0.741. The molecule has 1 aliphatic rings. The fourth-order valence-corrected chi connectivity index (χ4v) is 1.73. The minimum absolute atomic E-state index is 0.0662. The first-order valence-corrected chi connectivity index (χ1v) is 5.29. The van der Waals surface area contributed by atoms with E-state index in [1.165, 1.54) is 0 Å². The minimum Gasteiger partial charge on any atom is -0.481 e. The average molecular weight is 214 g/mol. The Morgan fingerprint density at radius 1 is 1.53 bits per heavy atom. The fourth-order valence-electron chi connectivity index (χ4n) is 1.73. The lowest BCUT2D eigenvalue weighted by Crippen LogP contribution is -2.47. The number of carbonyl (C=O) groups excluding carboxylic acids is 1. The smallest absolute Gasteiger partial charge is 0.319 e. The summed E-state index contributed by atoms with van der Waals surface area (Å²) in [6.45, 7) is 3.56. The molecule has 0 bridgehead atoms. The zero-order valence-corrected chi connectivity index (χ0v) is 9.27. The first kappa shape index (κ1) is 11.8. The van der Waals surface area contributed by atoms with Gasteiger partial charge in [0, 0.05) is 26.7 Å². The highest BCUT2D eigenvalue weighted by atomic mass is 16.4. The highest BCUT2D eigenvalue weighted by Gasteiger charge is 2.28. The van der Waals surface area contributed by atoms with E-state index < -0.39 is 11.9 Å². The Morgan fingerprint density at radius 2 is 2.20 bits per heavy atom. The predicted octanol–water partition coefficient (Wildman–Crippen LogP) is 0.855. The summed E-state index contributed by atoms with van der Waals surface area (Å²) < 4.78 is 0. The van der Waals surface area contributed by atoms with Crippen molar-refractivity contribution in [1.82, 2.24) is 9.80 Å². The van der Waals surface area contributed by atoms with Gasteiger partial charge < -0.3 is 14.9 Å². The molecule has 0 aromatic rings. The van der Waals surface area contributed by atoms with Gasteiger partial charge in [-0.2, -0.15) is 0 Å². The number of nitrogens with zero attached hydrogens (tertiary/aromatic N) is 2. The van der Waals surface area contributed by atoms with Crippen LogP contribution >= 0.6 is 0 Å². The number of carbonyl (C=O) groups is 2. The van der Waals surface area contributed by atoms with E-state index in [4.69, 9.17) is 5.11 Å². The summed E-state index contributed by atoms with van der Waals surface area (Å²) in [4.78, 5) is 25.8. The number of carboxylic acids is 1. The van der Waals surface area contributed by atoms with Crippen molar-refractivity contribution in [3.8, 4) is 0 Å². The van der Waals surface area contributed by atoms with Crippen molar-refractivity contribution in [2.24, 2.45) is 5.92 Å². The molecule has 0 spiro atoms. The molecule has 0 saturated carbocycles. The van der Waals surface area contributed by atoms with Gasteiger partial charge in [-0.3, -0.25) is 4.79 Å². The third kappa shape index (κ3) is 2.84. The molecule has 1 N–H and O–H groups in total. The standard InChI is InChI=1S/C10H18N2O3/c1-3-11(2)10(15)12-6-4-5-8(7-12)9(13)14/h8H,3-7H2,1-2H3,(H,13,14). The summed E-state index contributed by atoms with van der Waals surface area (Å²) in [6.07, 6.45) is 1.45. The third-order valence-corrected chi connectivity index (χ3v) is 2.84. The van der Waals surface area contributed by atoms with Crippen molar-refractivity contribution in [1.29, 1.82) is 0 Å². The van der Waals surface area contributed by atoms with Crippen LogP contribution in [0.4, 0.5) is 4.79 Å².